The van der Waals surface area contributed by atoms with Crippen LogP contribution in [0.25, 0.3) is 0 Å². The molecule has 1 N–H and O–H groups in total. The Balaban J connectivity index is 1.84. The largest absolute Gasteiger partial charge is 0.312 e. The molecule has 1 nitrogen and oxygen atoms in total. The predicted molar refractivity (Wildman–Crippen MR) is 86.9 cm³/mol. The molecule has 1 heterocycles. The lowest BCUT2D eigenvalue weighted by Gasteiger charge is -2.08. The first-order valence-electron chi connectivity index (χ1n) is 6.69. The molecule has 0 saturated carbocycles. The van der Waals surface area contributed by atoms with E-state index in [2.05, 4.69) is 60.9 Å². The predicted octanol–water partition coefficient (Wildman–Crippen LogP) is 4.79. The molecule has 0 bridgehead atoms. The summed E-state index contributed by atoms with van der Waals surface area (Å²) < 4.78 is 0. The Morgan fingerprint density at radius 1 is 1.21 bits per heavy atom. The van der Waals surface area contributed by atoms with Crippen LogP contribution in [0.5, 0.6) is 0 Å². The molecule has 19 heavy (non-hydrogen) atoms. The van der Waals surface area contributed by atoms with Gasteiger partial charge in [0.05, 0.1) is 0 Å². The normalized spacial score (nSPS) is 11.1. The Morgan fingerprint density at radius 2 is 2.11 bits per heavy atom. The second-order valence-electron chi connectivity index (χ2n) is 5.04. The zero-order valence-electron chi connectivity index (χ0n) is 11.6. The third kappa shape index (κ3) is 5.39. The summed E-state index contributed by atoms with van der Waals surface area (Å²) in [6, 6.07) is 13.2. The van der Waals surface area contributed by atoms with E-state index in [0.29, 0.717) is 5.92 Å². The Labute approximate surface area is 124 Å². The number of nitrogens with one attached hydrogen (secondary N) is 1. The van der Waals surface area contributed by atoms with Gasteiger partial charge in [0, 0.05) is 22.1 Å². The van der Waals surface area contributed by atoms with Crippen LogP contribution in [0.1, 0.15) is 24.3 Å². The highest BCUT2D eigenvalue weighted by Gasteiger charge is 2.00. The van der Waals surface area contributed by atoms with E-state index in [-0.39, 0.29) is 0 Å². The lowest BCUT2D eigenvalue weighted by molar-refractivity contribution is 0.552. The van der Waals surface area contributed by atoms with Crippen molar-refractivity contribution in [1.29, 1.82) is 0 Å². The van der Waals surface area contributed by atoms with Gasteiger partial charge in [-0.1, -0.05) is 32.0 Å². The van der Waals surface area contributed by atoms with Gasteiger partial charge >= 0.3 is 0 Å². The number of benzene rings is 1. The molecular weight excluding hydrogens is 270 g/mol. The standard InChI is InChI=1S/C16H21NS2/c1-13(2)10-17-11-14-5-3-6-15(9-14)19-12-16-7-4-8-18-16/h3-9,13,17H,10-12H2,1-2H3. The fourth-order valence-electron chi connectivity index (χ4n) is 1.80. The smallest absolute Gasteiger partial charge is 0.0326 e. The minimum atomic E-state index is 0.705. The SMILES string of the molecule is CC(C)CNCc1cccc(SCc2cccs2)c1. The molecule has 2 rings (SSSR count). The fraction of sp³-hybridized carbons (Fsp3) is 0.375. The topological polar surface area (TPSA) is 12.0 Å². The van der Waals surface area contributed by atoms with Crippen LogP contribution in [0, 0.1) is 5.92 Å². The summed E-state index contributed by atoms with van der Waals surface area (Å²) in [5.74, 6) is 1.77. The van der Waals surface area contributed by atoms with Gasteiger partial charge in [-0.05, 0) is 41.6 Å². The van der Waals surface area contributed by atoms with Crippen molar-refractivity contribution in [2.45, 2.75) is 31.0 Å². The highest BCUT2D eigenvalue weighted by atomic mass is 32.2. The van der Waals surface area contributed by atoms with Gasteiger partial charge in [-0.15, -0.1) is 23.1 Å². The minimum absolute atomic E-state index is 0.705. The average Bonchev–Trinajstić information content (AvgIpc) is 2.89. The van der Waals surface area contributed by atoms with Crippen LogP contribution in [-0.2, 0) is 12.3 Å². The summed E-state index contributed by atoms with van der Waals surface area (Å²) in [5.41, 5.74) is 1.37. The maximum atomic E-state index is 3.49. The molecule has 0 aliphatic rings. The van der Waals surface area contributed by atoms with Crippen molar-refractivity contribution in [2.24, 2.45) is 5.92 Å². The van der Waals surface area contributed by atoms with Crippen LogP contribution < -0.4 is 5.32 Å². The van der Waals surface area contributed by atoms with Crippen LogP contribution in [0.2, 0.25) is 0 Å². The lowest BCUT2D eigenvalue weighted by Crippen LogP contribution is -2.18. The van der Waals surface area contributed by atoms with Gasteiger partial charge in [0.15, 0.2) is 0 Å². The number of thioether (sulfide) groups is 1. The van der Waals surface area contributed by atoms with Crippen LogP contribution >= 0.6 is 23.1 Å². The summed E-state index contributed by atoms with van der Waals surface area (Å²) in [7, 11) is 0. The summed E-state index contributed by atoms with van der Waals surface area (Å²) in [6.07, 6.45) is 0. The minimum Gasteiger partial charge on any atom is -0.312 e. The molecule has 0 aliphatic carbocycles. The maximum Gasteiger partial charge on any atom is 0.0326 e. The van der Waals surface area contributed by atoms with Gasteiger partial charge < -0.3 is 5.32 Å². The summed E-state index contributed by atoms with van der Waals surface area (Å²) >= 11 is 3.74. The Bertz CT molecular complexity index is 477. The van der Waals surface area contributed by atoms with E-state index in [4.69, 9.17) is 0 Å². The molecule has 0 fully saturated rings. The molecule has 3 heteroatoms. The van der Waals surface area contributed by atoms with Crippen molar-refractivity contribution >= 4 is 23.1 Å². The zero-order valence-corrected chi connectivity index (χ0v) is 13.2. The molecule has 0 saturated heterocycles. The highest BCUT2D eigenvalue weighted by molar-refractivity contribution is 7.98. The van der Waals surface area contributed by atoms with Gasteiger partial charge in [-0.2, -0.15) is 0 Å². The molecule has 2 aromatic rings. The second-order valence-corrected chi connectivity index (χ2v) is 7.12. The molecule has 0 aliphatic heterocycles. The van der Waals surface area contributed by atoms with Gasteiger partial charge in [0.1, 0.15) is 0 Å². The van der Waals surface area contributed by atoms with Crippen LogP contribution in [0.15, 0.2) is 46.7 Å². The second kappa shape index (κ2) is 7.73. The van der Waals surface area contributed by atoms with Crippen molar-refractivity contribution < 1.29 is 0 Å². The molecular formula is C16H21NS2. The first-order chi connectivity index (χ1) is 9.24. The number of rotatable bonds is 7. The summed E-state index contributed by atoms with van der Waals surface area (Å²) in [6.45, 7) is 6.51. The number of hydrogen-bond acceptors (Lipinski definition) is 3. The van der Waals surface area contributed by atoms with Crippen molar-refractivity contribution in [3.63, 3.8) is 0 Å². The monoisotopic (exact) mass is 291 g/mol. The Hall–Kier alpha value is -0.770. The third-order valence-corrected chi connectivity index (χ3v) is 4.84. The summed E-state index contributed by atoms with van der Waals surface area (Å²) in [4.78, 5) is 2.80. The van der Waals surface area contributed by atoms with Crippen molar-refractivity contribution in [3.8, 4) is 0 Å². The molecule has 0 radical (unpaired) electrons. The number of thiophene rings is 1. The lowest BCUT2D eigenvalue weighted by atomic mass is 10.2. The third-order valence-electron chi connectivity index (χ3n) is 2.74. The van der Waals surface area contributed by atoms with E-state index in [1.165, 1.54) is 15.3 Å². The Morgan fingerprint density at radius 3 is 2.84 bits per heavy atom. The van der Waals surface area contributed by atoms with Crippen molar-refractivity contribution in [3.05, 3.63) is 52.2 Å². The van der Waals surface area contributed by atoms with E-state index >= 15 is 0 Å². The molecule has 0 atom stereocenters. The first kappa shape index (κ1) is 14.6. The zero-order chi connectivity index (χ0) is 13.5. The van der Waals surface area contributed by atoms with E-state index in [1.807, 2.05) is 23.1 Å². The van der Waals surface area contributed by atoms with Crippen molar-refractivity contribution in [1.82, 2.24) is 5.32 Å². The molecule has 102 valence electrons. The molecule has 0 amide bonds. The average molecular weight is 291 g/mol. The van der Waals surface area contributed by atoms with Crippen LogP contribution in [0.4, 0.5) is 0 Å². The van der Waals surface area contributed by atoms with E-state index in [1.54, 1.807) is 0 Å². The van der Waals surface area contributed by atoms with Gasteiger partial charge in [-0.25, -0.2) is 0 Å². The van der Waals surface area contributed by atoms with Gasteiger partial charge in [-0.3, -0.25) is 0 Å². The first-order valence-corrected chi connectivity index (χ1v) is 8.55. The van der Waals surface area contributed by atoms with Crippen molar-refractivity contribution in [2.75, 3.05) is 6.54 Å². The maximum absolute atomic E-state index is 3.49. The Kier molecular flexibility index (Phi) is 5.95. The molecule has 1 aromatic carbocycles. The molecule has 0 spiro atoms. The van der Waals surface area contributed by atoms with E-state index < -0.39 is 0 Å². The van der Waals surface area contributed by atoms with E-state index in [9.17, 15) is 0 Å². The summed E-state index contributed by atoms with van der Waals surface area (Å²) in [5, 5.41) is 5.63. The fourth-order valence-corrected chi connectivity index (χ4v) is 3.55. The van der Waals surface area contributed by atoms with Crippen LogP contribution in [0.3, 0.4) is 0 Å². The van der Waals surface area contributed by atoms with Gasteiger partial charge in [0.25, 0.3) is 0 Å². The van der Waals surface area contributed by atoms with Gasteiger partial charge in [0.2, 0.25) is 0 Å². The highest BCUT2D eigenvalue weighted by Crippen LogP contribution is 2.25. The number of hydrogen-bond donors (Lipinski definition) is 1. The van der Waals surface area contributed by atoms with Crippen LogP contribution in [-0.4, -0.2) is 6.54 Å². The molecule has 1 aromatic heterocycles. The van der Waals surface area contributed by atoms with E-state index in [0.717, 1.165) is 18.8 Å². The quantitative estimate of drug-likeness (QED) is 0.736. The molecule has 0 unspecified atom stereocenters.